The first-order chi connectivity index (χ1) is 28.3. The quantitative estimate of drug-likeness (QED) is 0.130. The first-order valence-electron chi connectivity index (χ1n) is 21.8. The lowest BCUT2D eigenvalue weighted by molar-refractivity contribution is 0.578. The van der Waals surface area contributed by atoms with E-state index in [-0.39, 0.29) is 0 Å². The Morgan fingerprint density at radius 3 is 0.983 bits per heavy atom. The minimum Gasteiger partial charge on any atom is -0.372 e. The van der Waals surface area contributed by atoms with Crippen LogP contribution in [0.5, 0.6) is 0 Å². The van der Waals surface area contributed by atoms with Crippen LogP contribution in [0, 0.1) is 0 Å². The summed E-state index contributed by atoms with van der Waals surface area (Å²) in [6, 6.07) is 52.3. The van der Waals surface area contributed by atoms with E-state index < -0.39 is 16.1 Å². The van der Waals surface area contributed by atoms with E-state index in [1.165, 1.54) is 126 Å². The van der Waals surface area contributed by atoms with Gasteiger partial charge >= 0.3 is 0 Å². The Morgan fingerprint density at radius 1 is 0.345 bits per heavy atom. The summed E-state index contributed by atoms with van der Waals surface area (Å²) in [6.45, 7) is 14.6. The molecule has 0 N–H and O–H groups in total. The lowest BCUT2D eigenvalue weighted by Crippen LogP contribution is -2.58. The van der Waals surface area contributed by atoms with Gasteiger partial charge in [-0.25, -0.2) is 0 Å². The molecule has 4 aliphatic heterocycles. The Kier molecular flexibility index (Phi) is 8.42. The third-order valence-electron chi connectivity index (χ3n) is 14.2. The van der Waals surface area contributed by atoms with Crippen LogP contribution < -0.4 is 40.3 Å². The molecule has 0 amide bonds. The predicted molar refractivity (Wildman–Crippen MR) is 256 cm³/mol. The van der Waals surface area contributed by atoms with Gasteiger partial charge in [-0.1, -0.05) is 111 Å². The average Bonchev–Trinajstić information content (AvgIpc) is 3.27. The molecular weight excluding hydrogens is 737 g/mol. The Balaban J connectivity index is 1.30. The summed E-state index contributed by atoms with van der Waals surface area (Å²) < 4.78 is 0. The second-order valence-electron chi connectivity index (χ2n) is 18.2. The van der Waals surface area contributed by atoms with E-state index in [9.17, 15) is 0 Å². The highest BCUT2D eigenvalue weighted by Gasteiger charge is 2.42. The maximum Gasteiger partial charge on any atom is 0.117 e. The van der Waals surface area contributed by atoms with E-state index in [0.29, 0.717) is 0 Å². The zero-order valence-corrected chi connectivity index (χ0v) is 36.6. The van der Waals surface area contributed by atoms with Gasteiger partial charge in [0.25, 0.3) is 0 Å². The molecule has 0 bridgehead atoms. The molecule has 0 radical (unpaired) electrons. The summed E-state index contributed by atoms with van der Waals surface area (Å²) in [5.74, 6) is 0. The molecule has 0 unspecified atom stereocenters. The van der Waals surface area contributed by atoms with Gasteiger partial charge in [0, 0.05) is 81.8 Å². The predicted octanol–water partition coefficient (Wildman–Crippen LogP) is 11.2. The second kappa shape index (κ2) is 13.6. The number of nitrogens with zero attached hydrogens (tertiary/aromatic N) is 4. The van der Waals surface area contributed by atoms with Gasteiger partial charge in [-0.2, -0.15) is 0 Å². The fraction of sp³-hybridized carbons (Fsp3) is 0.269. The molecule has 0 atom stereocenters. The Bertz CT molecular complexity index is 2450. The first kappa shape index (κ1) is 35.8. The molecule has 0 saturated carbocycles. The molecule has 7 aromatic carbocycles. The van der Waals surface area contributed by atoms with Crippen LogP contribution in [0.3, 0.4) is 0 Å². The van der Waals surface area contributed by atoms with E-state index in [2.05, 4.69) is 179 Å². The lowest BCUT2D eigenvalue weighted by Gasteiger charge is -2.44. The number of benzene rings is 7. The van der Waals surface area contributed by atoms with Crippen molar-refractivity contribution in [2.45, 2.75) is 64.7 Å². The molecule has 2 saturated heterocycles. The normalized spacial score (nSPS) is 18.1. The summed E-state index contributed by atoms with van der Waals surface area (Å²) in [4.78, 5) is 10.6. The summed E-state index contributed by atoms with van der Waals surface area (Å²) in [7, 11) is -4.00. The fourth-order valence-electron chi connectivity index (χ4n) is 11.2. The van der Waals surface area contributed by atoms with Crippen molar-refractivity contribution in [3.63, 3.8) is 0 Å². The summed E-state index contributed by atoms with van der Waals surface area (Å²) in [6.07, 6.45) is 7.64. The van der Waals surface area contributed by atoms with Crippen LogP contribution in [-0.2, 0) is 0 Å². The molecule has 58 heavy (non-hydrogen) atoms. The molecule has 4 nitrogen and oxygen atoms in total. The Morgan fingerprint density at radius 2 is 0.655 bits per heavy atom. The summed E-state index contributed by atoms with van der Waals surface area (Å²) in [5.41, 5.74) is 10.6. The van der Waals surface area contributed by atoms with Crippen molar-refractivity contribution in [2.75, 3.05) is 45.8 Å². The number of rotatable bonds is 4. The smallest absolute Gasteiger partial charge is 0.117 e. The van der Waals surface area contributed by atoms with Crippen molar-refractivity contribution >= 4 is 104 Å². The average molecular weight is 791 g/mol. The van der Waals surface area contributed by atoms with Gasteiger partial charge < -0.3 is 19.6 Å². The number of hydrogen-bond donors (Lipinski definition) is 0. The largest absolute Gasteiger partial charge is 0.372 e. The topological polar surface area (TPSA) is 13.0 Å². The Labute approximate surface area is 346 Å². The van der Waals surface area contributed by atoms with Crippen LogP contribution in [0.15, 0.2) is 133 Å². The second-order valence-corrected chi connectivity index (χ2v) is 26.9. The molecule has 11 rings (SSSR count). The molecule has 0 aliphatic carbocycles. The van der Waals surface area contributed by atoms with Crippen molar-refractivity contribution in [3.8, 4) is 0 Å². The number of hydrogen-bond acceptors (Lipinski definition) is 4. The Hall–Kier alpha value is -5.31. The standard InChI is InChI=1S/C52H54N4Si2/c1-57(2)47-23-11-7-19-43(47)55(44-20-8-12-24-48(44)57)51-39-29-27-38(54-33-17-6-18-34-54)36-42(39)52(40-30-28-37(35-41(40)51)53-31-15-5-16-32-53)56-45-21-9-13-25-49(45)58(3,4)50-26-14-10-22-46(50)56/h7-14,19-30,35-36H,5-6,15-18,31-34H2,1-4H3. The minimum atomic E-state index is -2.00. The van der Waals surface area contributed by atoms with Crippen molar-refractivity contribution in [3.05, 3.63) is 133 Å². The van der Waals surface area contributed by atoms with Crippen LogP contribution in [0.1, 0.15) is 38.5 Å². The van der Waals surface area contributed by atoms with Crippen LogP contribution in [0.25, 0.3) is 21.5 Å². The maximum atomic E-state index is 2.67. The highest BCUT2D eigenvalue weighted by Crippen LogP contribution is 2.53. The third kappa shape index (κ3) is 5.37. The van der Waals surface area contributed by atoms with Gasteiger partial charge in [-0.15, -0.1) is 0 Å². The highest BCUT2D eigenvalue weighted by atomic mass is 28.3. The van der Waals surface area contributed by atoms with Crippen molar-refractivity contribution < 1.29 is 0 Å². The summed E-state index contributed by atoms with van der Waals surface area (Å²) >= 11 is 0. The van der Waals surface area contributed by atoms with Crippen molar-refractivity contribution in [1.29, 1.82) is 0 Å². The summed E-state index contributed by atoms with van der Waals surface area (Å²) in [5, 5.41) is 11.3. The number of piperidine rings is 2. The number of anilines is 8. The number of fused-ring (bicyclic) bond motifs is 6. The molecule has 4 aliphatic rings. The van der Waals surface area contributed by atoms with Gasteiger partial charge in [0.15, 0.2) is 0 Å². The third-order valence-corrected chi connectivity index (χ3v) is 21.3. The maximum absolute atomic E-state index is 2.67. The lowest BCUT2D eigenvalue weighted by atomic mass is 9.93. The monoisotopic (exact) mass is 790 g/mol. The highest BCUT2D eigenvalue weighted by molar-refractivity contribution is 7.03. The SMILES string of the molecule is C[Si]1(C)c2ccccc2N(c2c3ccc(N4CCCCC4)cc3c(N3c4ccccc4[Si](C)(C)c4ccccc43)c3ccc(N4CCCCC4)cc23)c2ccccc21. The van der Waals surface area contributed by atoms with Crippen LogP contribution >= 0.6 is 0 Å². The number of para-hydroxylation sites is 4. The van der Waals surface area contributed by atoms with Gasteiger partial charge in [-0.3, -0.25) is 0 Å². The van der Waals surface area contributed by atoms with E-state index >= 15 is 0 Å². The van der Waals surface area contributed by atoms with Crippen molar-refractivity contribution in [2.24, 2.45) is 0 Å². The van der Waals surface area contributed by atoms with E-state index in [1.54, 1.807) is 0 Å². The van der Waals surface area contributed by atoms with Gasteiger partial charge in [-0.05, 0) is 108 Å². The molecule has 4 heterocycles. The molecule has 0 aromatic heterocycles. The molecule has 2 fully saturated rings. The molecule has 7 aromatic rings. The van der Waals surface area contributed by atoms with Crippen LogP contribution in [0.2, 0.25) is 26.2 Å². The first-order valence-corrected chi connectivity index (χ1v) is 27.8. The minimum absolute atomic E-state index is 1.11. The van der Waals surface area contributed by atoms with Gasteiger partial charge in [0.1, 0.15) is 16.1 Å². The van der Waals surface area contributed by atoms with E-state index in [1.807, 2.05) is 0 Å². The van der Waals surface area contributed by atoms with Crippen molar-refractivity contribution in [1.82, 2.24) is 0 Å². The molecule has 290 valence electrons. The van der Waals surface area contributed by atoms with Crippen LogP contribution in [-0.4, -0.2) is 42.3 Å². The molecule has 6 heteroatoms. The zero-order valence-electron chi connectivity index (χ0n) is 34.6. The van der Waals surface area contributed by atoms with Gasteiger partial charge in [0.05, 0.1) is 11.4 Å². The van der Waals surface area contributed by atoms with E-state index in [4.69, 9.17) is 0 Å². The van der Waals surface area contributed by atoms with E-state index in [0.717, 1.165) is 26.2 Å². The molecular formula is C52H54N4Si2. The fourth-order valence-corrected chi connectivity index (χ4v) is 17.1. The van der Waals surface area contributed by atoms with Gasteiger partial charge in [0.2, 0.25) is 0 Å². The van der Waals surface area contributed by atoms with Crippen LogP contribution in [0.4, 0.5) is 45.5 Å². The molecule has 0 spiro atoms. The zero-order chi connectivity index (χ0) is 39.2.